The molecule has 3 rings (SSSR count). The van der Waals surface area contributed by atoms with E-state index in [1.54, 1.807) is 29.0 Å². The highest BCUT2D eigenvalue weighted by atomic mass is 16.5. The number of hydrogen-bond acceptors (Lipinski definition) is 4. The van der Waals surface area contributed by atoms with Crippen LogP contribution in [0.5, 0.6) is 5.75 Å². The fourth-order valence-electron chi connectivity index (χ4n) is 2.81. The van der Waals surface area contributed by atoms with Crippen molar-refractivity contribution in [2.75, 3.05) is 25.1 Å². The molecule has 2 amide bonds. The van der Waals surface area contributed by atoms with Gasteiger partial charge in [-0.3, -0.25) is 9.59 Å². The molecule has 132 valence electrons. The van der Waals surface area contributed by atoms with Crippen LogP contribution in [0.1, 0.15) is 24.4 Å². The van der Waals surface area contributed by atoms with Gasteiger partial charge in [0.05, 0.1) is 6.54 Å². The first-order valence-corrected chi connectivity index (χ1v) is 8.35. The summed E-state index contributed by atoms with van der Waals surface area (Å²) in [5.74, 6) is 2.12. The molecule has 0 bridgehead atoms. The fraction of sp³-hybridized carbons (Fsp3) is 0.368. The van der Waals surface area contributed by atoms with Gasteiger partial charge in [-0.2, -0.15) is 0 Å². The third-order valence-electron chi connectivity index (χ3n) is 4.18. The molecule has 25 heavy (non-hydrogen) atoms. The van der Waals surface area contributed by atoms with Gasteiger partial charge in [-0.25, -0.2) is 0 Å². The topological polar surface area (TPSA) is 63.0 Å². The van der Waals surface area contributed by atoms with Gasteiger partial charge in [-0.15, -0.1) is 0 Å². The van der Waals surface area contributed by atoms with E-state index in [0.29, 0.717) is 18.7 Å². The van der Waals surface area contributed by atoms with Crippen LogP contribution in [0.2, 0.25) is 0 Å². The first-order valence-electron chi connectivity index (χ1n) is 8.35. The Balaban J connectivity index is 1.55. The summed E-state index contributed by atoms with van der Waals surface area (Å²) in [5.41, 5.74) is 0.812. The van der Waals surface area contributed by atoms with Crippen LogP contribution < -0.4 is 9.64 Å². The monoisotopic (exact) mass is 342 g/mol. The lowest BCUT2D eigenvalue weighted by atomic mass is 10.3. The van der Waals surface area contributed by atoms with E-state index in [9.17, 15) is 9.59 Å². The van der Waals surface area contributed by atoms with Crippen LogP contribution in [0.4, 0.5) is 5.69 Å². The number of carbonyl (C=O) groups excluding carboxylic acids is 2. The Hall–Kier alpha value is -2.76. The number of furan rings is 1. The number of likely N-dealkylation sites (N-methyl/N-ethyl adjacent to an activating group) is 1. The number of rotatable bonds is 6. The van der Waals surface area contributed by atoms with E-state index in [4.69, 9.17) is 9.15 Å². The molecule has 1 aliphatic rings. The molecule has 6 heteroatoms. The average Bonchev–Trinajstić information content (AvgIpc) is 3.21. The smallest absolute Gasteiger partial charge is 0.260 e. The molecule has 2 heterocycles. The summed E-state index contributed by atoms with van der Waals surface area (Å²) in [6.07, 6.45) is 1.46. The van der Waals surface area contributed by atoms with Crippen LogP contribution in [0, 0.1) is 6.92 Å². The Labute approximate surface area is 147 Å². The van der Waals surface area contributed by atoms with Crippen molar-refractivity contribution in [3.63, 3.8) is 0 Å². The molecule has 1 aliphatic heterocycles. The molecule has 0 saturated carbocycles. The normalized spacial score (nSPS) is 14.0. The zero-order valence-corrected chi connectivity index (χ0v) is 14.5. The van der Waals surface area contributed by atoms with Gasteiger partial charge < -0.3 is 19.0 Å². The van der Waals surface area contributed by atoms with Crippen LogP contribution in [-0.4, -0.2) is 36.9 Å². The van der Waals surface area contributed by atoms with Gasteiger partial charge in [-0.1, -0.05) is 6.07 Å². The highest BCUT2D eigenvalue weighted by Crippen LogP contribution is 2.25. The van der Waals surface area contributed by atoms with E-state index >= 15 is 0 Å². The second kappa shape index (κ2) is 7.42. The Morgan fingerprint density at radius 2 is 2.16 bits per heavy atom. The number of ether oxygens (including phenoxy) is 1. The summed E-state index contributed by atoms with van der Waals surface area (Å²) < 4.78 is 11.1. The van der Waals surface area contributed by atoms with E-state index < -0.39 is 0 Å². The number of anilines is 1. The molecule has 1 aromatic carbocycles. The molecular formula is C19H22N2O4. The summed E-state index contributed by atoms with van der Waals surface area (Å²) in [5, 5.41) is 0. The summed E-state index contributed by atoms with van der Waals surface area (Å²) in [7, 11) is 1.71. The lowest BCUT2D eigenvalue weighted by Gasteiger charge is -2.18. The minimum Gasteiger partial charge on any atom is -0.484 e. The Morgan fingerprint density at radius 1 is 1.32 bits per heavy atom. The van der Waals surface area contributed by atoms with Gasteiger partial charge in [0.15, 0.2) is 6.61 Å². The van der Waals surface area contributed by atoms with E-state index in [1.807, 2.05) is 31.2 Å². The van der Waals surface area contributed by atoms with E-state index in [0.717, 1.165) is 30.2 Å². The summed E-state index contributed by atoms with van der Waals surface area (Å²) in [4.78, 5) is 27.4. The van der Waals surface area contributed by atoms with Crippen LogP contribution in [0.15, 0.2) is 40.8 Å². The van der Waals surface area contributed by atoms with E-state index in [1.165, 1.54) is 0 Å². The third kappa shape index (κ3) is 4.21. The predicted molar refractivity (Wildman–Crippen MR) is 93.4 cm³/mol. The molecule has 1 saturated heterocycles. The first kappa shape index (κ1) is 17.1. The molecule has 0 N–H and O–H groups in total. The third-order valence-corrected chi connectivity index (χ3v) is 4.18. The molecule has 0 atom stereocenters. The molecule has 6 nitrogen and oxygen atoms in total. The predicted octanol–water partition coefficient (Wildman–Crippen LogP) is 2.75. The van der Waals surface area contributed by atoms with Crippen molar-refractivity contribution in [1.29, 1.82) is 0 Å². The zero-order valence-electron chi connectivity index (χ0n) is 14.5. The largest absolute Gasteiger partial charge is 0.484 e. The second-order valence-corrected chi connectivity index (χ2v) is 6.20. The van der Waals surface area contributed by atoms with Crippen LogP contribution >= 0.6 is 0 Å². The summed E-state index contributed by atoms with van der Waals surface area (Å²) in [6.45, 7) is 2.94. The van der Waals surface area contributed by atoms with Gasteiger partial charge in [-0.05, 0) is 37.6 Å². The van der Waals surface area contributed by atoms with Crippen molar-refractivity contribution in [3.8, 4) is 5.75 Å². The lowest BCUT2D eigenvalue weighted by molar-refractivity contribution is -0.132. The van der Waals surface area contributed by atoms with Crippen LogP contribution in [-0.2, 0) is 16.1 Å². The van der Waals surface area contributed by atoms with Crippen molar-refractivity contribution < 1.29 is 18.7 Å². The van der Waals surface area contributed by atoms with Crippen molar-refractivity contribution in [2.24, 2.45) is 0 Å². The number of nitrogens with zero attached hydrogens (tertiary/aromatic N) is 2. The molecule has 1 fully saturated rings. The van der Waals surface area contributed by atoms with Gasteiger partial charge >= 0.3 is 0 Å². The fourth-order valence-corrected chi connectivity index (χ4v) is 2.81. The zero-order chi connectivity index (χ0) is 17.8. The molecule has 0 radical (unpaired) electrons. The molecule has 0 spiro atoms. The molecular weight excluding hydrogens is 320 g/mol. The minimum atomic E-state index is -0.142. The Bertz CT molecular complexity index is 768. The number of carbonyl (C=O) groups is 2. The minimum absolute atomic E-state index is 0.0619. The number of amides is 2. The van der Waals surface area contributed by atoms with Crippen LogP contribution in [0.25, 0.3) is 0 Å². The van der Waals surface area contributed by atoms with Crippen molar-refractivity contribution in [3.05, 3.63) is 47.9 Å². The van der Waals surface area contributed by atoms with Crippen molar-refractivity contribution in [1.82, 2.24) is 4.90 Å². The molecule has 0 aliphatic carbocycles. The number of aryl methyl sites for hydroxylation is 1. The first-order chi connectivity index (χ1) is 12.0. The highest BCUT2D eigenvalue weighted by molar-refractivity contribution is 5.95. The highest BCUT2D eigenvalue weighted by Gasteiger charge is 2.22. The Kier molecular flexibility index (Phi) is 5.07. The van der Waals surface area contributed by atoms with Gasteiger partial charge in [0.2, 0.25) is 5.91 Å². The maximum Gasteiger partial charge on any atom is 0.260 e. The van der Waals surface area contributed by atoms with Crippen molar-refractivity contribution >= 4 is 17.5 Å². The summed E-state index contributed by atoms with van der Waals surface area (Å²) in [6, 6.07) is 11.0. The summed E-state index contributed by atoms with van der Waals surface area (Å²) >= 11 is 0. The molecule has 2 aromatic rings. The molecule has 0 unspecified atom stereocenters. The van der Waals surface area contributed by atoms with Crippen LogP contribution in [0.3, 0.4) is 0 Å². The lowest BCUT2D eigenvalue weighted by Crippen LogP contribution is -2.30. The van der Waals surface area contributed by atoms with Gasteiger partial charge in [0, 0.05) is 31.8 Å². The average molecular weight is 342 g/mol. The Morgan fingerprint density at radius 3 is 2.84 bits per heavy atom. The molecule has 1 aromatic heterocycles. The number of hydrogen-bond donors (Lipinski definition) is 0. The maximum atomic E-state index is 12.2. The standard InChI is InChI=1S/C19H22N2O4/c1-14-8-9-17(25-14)12-20(2)19(23)13-24-16-6-3-5-15(11-16)21-10-4-7-18(21)22/h3,5-6,8-9,11H,4,7,10,12-13H2,1-2H3. The number of benzene rings is 1. The van der Waals surface area contributed by atoms with Gasteiger partial charge in [0.25, 0.3) is 5.91 Å². The second-order valence-electron chi connectivity index (χ2n) is 6.20. The van der Waals surface area contributed by atoms with Gasteiger partial charge in [0.1, 0.15) is 17.3 Å². The SMILES string of the molecule is Cc1ccc(CN(C)C(=O)COc2cccc(N3CCCC3=O)c2)o1. The quantitative estimate of drug-likeness (QED) is 0.810. The maximum absolute atomic E-state index is 12.2. The van der Waals surface area contributed by atoms with E-state index in [-0.39, 0.29) is 18.4 Å². The van der Waals surface area contributed by atoms with E-state index in [2.05, 4.69) is 0 Å². The van der Waals surface area contributed by atoms with Crippen molar-refractivity contribution in [2.45, 2.75) is 26.3 Å².